The van der Waals surface area contributed by atoms with Crippen LogP contribution in [0.5, 0.6) is 0 Å². The molecule has 0 radical (unpaired) electrons. The van der Waals surface area contributed by atoms with Crippen molar-refractivity contribution in [3.8, 4) is 0 Å². The Hall–Kier alpha value is -1.59. The fraction of sp³-hybridized carbons (Fsp3) is 0.812. The Morgan fingerprint density at radius 2 is 1.95 bits per heavy atom. The molecule has 22 heavy (non-hydrogen) atoms. The minimum atomic E-state index is -0.691. The molecule has 0 aromatic rings. The van der Waals surface area contributed by atoms with E-state index in [0.29, 0.717) is 25.3 Å². The van der Waals surface area contributed by atoms with Crippen LogP contribution in [0.25, 0.3) is 0 Å². The molecule has 1 heterocycles. The Balaban J connectivity index is 1.81. The van der Waals surface area contributed by atoms with E-state index in [-0.39, 0.29) is 30.8 Å². The van der Waals surface area contributed by atoms with Gasteiger partial charge in [0.15, 0.2) is 0 Å². The van der Waals surface area contributed by atoms with Crippen molar-refractivity contribution in [2.45, 2.75) is 64.3 Å². The lowest BCUT2D eigenvalue weighted by Crippen LogP contribution is -2.48. The maximum absolute atomic E-state index is 12.5. The molecule has 1 aliphatic carbocycles. The van der Waals surface area contributed by atoms with E-state index in [1.54, 1.807) is 0 Å². The Labute approximate surface area is 132 Å². The first-order valence-corrected chi connectivity index (χ1v) is 8.35. The van der Waals surface area contributed by atoms with E-state index in [2.05, 4.69) is 24.5 Å². The number of nitrogens with zero attached hydrogens (tertiary/aromatic N) is 1. The third-order valence-corrected chi connectivity index (χ3v) is 4.56. The average Bonchev–Trinajstić information content (AvgIpc) is 2.68. The molecule has 0 aromatic carbocycles. The Kier molecular flexibility index (Phi) is 5.42. The summed E-state index contributed by atoms with van der Waals surface area (Å²) in [6.45, 7) is 5.01. The molecule has 4 amide bonds. The molecule has 0 aromatic heterocycles. The first kappa shape index (κ1) is 16.8. The molecular weight excluding hydrogens is 282 g/mol. The topological polar surface area (TPSA) is 78.5 Å². The van der Waals surface area contributed by atoms with Crippen LogP contribution >= 0.6 is 0 Å². The monoisotopic (exact) mass is 309 g/mol. The van der Waals surface area contributed by atoms with Gasteiger partial charge in [-0.15, -0.1) is 0 Å². The largest absolute Gasteiger partial charge is 0.356 e. The van der Waals surface area contributed by atoms with Crippen molar-refractivity contribution in [3.05, 3.63) is 0 Å². The van der Waals surface area contributed by atoms with Gasteiger partial charge < -0.3 is 10.6 Å². The molecule has 6 heteroatoms. The van der Waals surface area contributed by atoms with E-state index >= 15 is 0 Å². The molecule has 1 saturated carbocycles. The molecule has 6 nitrogen and oxygen atoms in total. The fourth-order valence-corrected chi connectivity index (χ4v) is 3.18. The highest BCUT2D eigenvalue weighted by Gasteiger charge is 2.50. The van der Waals surface area contributed by atoms with Crippen LogP contribution in [0.2, 0.25) is 0 Å². The number of hydrogen-bond donors (Lipinski definition) is 2. The summed E-state index contributed by atoms with van der Waals surface area (Å²) in [5.41, 5.74) is -0.691. The Bertz CT molecular complexity index is 442. The van der Waals surface area contributed by atoms with Gasteiger partial charge >= 0.3 is 6.03 Å². The molecule has 2 aliphatic rings. The molecule has 0 atom stereocenters. The van der Waals surface area contributed by atoms with E-state index in [1.165, 1.54) is 4.90 Å². The van der Waals surface area contributed by atoms with Gasteiger partial charge in [0.05, 0.1) is 0 Å². The summed E-state index contributed by atoms with van der Waals surface area (Å²) in [6.07, 6.45) is 5.59. The van der Waals surface area contributed by atoms with Crippen molar-refractivity contribution in [1.82, 2.24) is 15.5 Å². The second-order valence-electron chi connectivity index (χ2n) is 6.81. The first-order valence-electron chi connectivity index (χ1n) is 8.35. The lowest BCUT2D eigenvalue weighted by atomic mass is 9.82. The SMILES string of the molecule is CC(C)CCNC(=O)CCN1C(=O)NC2(CCCCC2)C1=O. The molecular formula is C16H27N3O3. The molecule has 2 fully saturated rings. The maximum Gasteiger partial charge on any atom is 0.325 e. The smallest absolute Gasteiger partial charge is 0.325 e. The fourth-order valence-electron chi connectivity index (χ4n) is 3.18. The molecule has 1 spiro atoms. The minimum Gasteiger partial charge on any atom is -0.356 e. The van der Waals surface area contributed by atoms with Gasteiger partial charge in [0.2, 0.25) is 5.91 Å². The zero-order chi connectivity index (χ0) is 16.2. The molecule has 0 bridgehead atoms. The summed E-state index contributed by atoms with van der Waals surface area (Å²) < 4.78 is 0. The van der Waals surface area contributed by atoms with Crippen molar-refractivity contribution in [3.63, 3.8) is 0 Å². The summed E-state index contributed by atoms with van der Waals surface area (Å²) in [4.78, 5) is 37.6. The van der Waals surface area contributed by atoms with E-state index in [9.17, 15) is 14.4 Å². The highest BCUT2D eigenvalue weighted by atomic mass is 16.2. The van der Waals surface area contributed by atoms with Gasteiger partial charge in [-0.3, -0.25) is 14.5 Å². The van der Waals surface area contributed by atoms with Crippen molar-refractivity contribution in [1.29, 1.82) is 0 Å². The zero-order valence-electron chi connectivity index (χ0n) is 13.6. The van der Waals surface area contributed by atoms with E-state index in [4.69, 9.17) is 0 Å². The van der Waals surface area contributed by atoms with Gasteiger partial charge in [0.25, 0.3) is 5.91 Å². The van der Waals surface area contributed by atoms with Crippen molar-refractivity contribution >= 4 is 17.8 Å². The third kappa shape index (κ3) is 3.78. The number of rotatable bonds is 6. The van der Waals surface area contributed by atoms with Gasteiger partial charge in [-0.25, -0.2) is 4.79 Å². The first-order chi connectivity index (χ1) is 10.4. The minimum absolute atomic E-state index is 0.106. The van der Waals surface area contributed by atoms with Crippen molar-refractivity contribution in [2.75, 3.05) is 13.1 Å². The van der Waals surface area contributed by atoms with E-state index in [1.807, 2.05) is 0 Å². The molecule has 1 saturated heterocycles. The summed E-state index contributed by atoms with van der Waals surface area (Å²) in [7, 11) is 0. The molecule has 1 aliphatic heterocycles. The second kappa shape index (κ2) is 7.11. The Morgan fingerprint density at radius 3 is 2.59 bits per heavy atom. The summed E-state index contributed by atoms with van der Waals surface area (Å²) in [5, 5.41) is 5.69. The highest BCUT2D eigenvalue weighted by Crippen LogP contribution is 2.33. The average molecular weight is 309 g/mol. The number of amides is 4. The van der Waals surface area contributed by atoms with Gasteiger partial charge in [-0.2, -0.15) is 0 Å². The van der Waals surface area contributed by atoms with E-state index < -0.39 is 5.54 Å². The van der Waals surface area contributed by atoms with Crippen LogP contribution in [0.1, 0.15) is 58.8 Å². The molecule has 2 rings (SSSR count). The lowest BCUT2D eigenvalue weighted by Gasteiger charge is -2.30. The lowest BCUT2D eigenvalue weighted by molar-refractivity contribution is -0.132. The van der Waals surface area contributed by atoms with Gasteiger partial charge in [-0.1, -0.05) is 33.1 Å². The van der Waals surface area contributed by atoms with Crippen LogP contribution in [0, 0.1) is 5.92 Å². The molecule has 0 unspecified atom stereocenters. The summed E-state index contributed by atoms with van der Waals surface area (Å²) in [6, 6.07) is -0.345. The number of nitrogens with one attached hydrogen (secondary N) is 2. The van der Waals surface area contributed by atoms with Crippen LogP contribution in [-0.4, -0.2) is 41.4 Å². The van der Waals surface area contributed by atoms with Crippen LogP contribution < -0.4 is 10.6 Å². The quantitative estimate of drug-likeness (QED) is 0.734. The normalized spacial score (nSPS) is 20.6. The Morgan fingerprint density at radius 1 is 1.27 bits per heavy atom. The predicted molar refractivity (Wildman–Crippen MR) is 83.1 cm³/mol. The molecule has 124 valence electrons. The maximum atomic E-state index is 12.5. The number of carbonyl (C=O) groups is 3. The number of imide groups is 1. The summed E-state index contributed by atoms with van der Waals surface area (Å²) in [5.74, 6) is 0.287. The second-order valence-corrected chi connectivity index (χ2v) is 6.81. The number of hydrogen-bond acceptors (Lipinski definition) is 3. The van der Waals surface area contributed by atoms with E-state index in [0.717, 1.165) is 25.7 Å². The van der Waals surface area contributed by atoms with Crippen molar-refractivity contribution < 1.29 is 14.4 Å². The van der Waals surface area contributed by atoms with Crippen molar-refractivity contribution in [2.24, 2.45) is 5.92 Å². The number of carbonyl (C=O) groups excluding carboxylic acids is 3. The standard InChI is InChI=1S/C16H27N3O3/c1-12(2)6-10-17-13(20)7-11-19-14(21)16(18-15(19)22)8-4-3-5-9-16/h12H,3-11H2,1-2H3,(H,17,20)(H,18,22). The zero-order valence-corrected chi connectivity index (χ0v) is 13.6. The van der Waals surface area contributed by atoms with Crippen LogP contribution in [0.3, 0.4) is 0 Å². The van der Waals surface area contributed by atoms with Crippen LogP contribution in [0.15, 0.2) is 0 Å². The third-order valence-electron chi connectivity index (χ3n) is 4.56. The predicted octanol–water partition coefficient (Wildman–Crippen LogP) is 1.79. The summed E-state index contributed by atoms with van der Waals surface area (Å²) >= 11 is 0. The van der Waals surface area contributed by atoms with Gasteiger partial charge in [0, 0.05) is 19.5 Å². The van der Waals surface area contributed by atoms with Crippen LogP contribution in [0.4, 0.5) is 4.79 Å². The highest BCUT2D eigenvalue weighted by molar-refractivity contribution is 6.07. The van der Waals surface area contributed by atoms with Gasteiger partial charge in [0.1, 0.15) is 5.54 Å². The molecule has 2 N–H and O–H groups in total. The van der Waals surface area contributed by atoms with Crippen LogP contribution in [-0.2, 0) is 9.59 Å². The number of urea groups is 1. The van der Waals surface area contributed by atoms with Gasteiger partial charge in [-0.05, 0) is 25.2 Å².